The van der Waals surface area contributed by atoms with Crippen LogP contribution in [0.15, 0.2) is 60.7 Å². The third-order valence-corrected chi connectivity index (χ3v) is 7.29. The molecule has 44 heavy (non-hydrogen) atoms. The van der Waals surface area contributed by atoms with Gasteiger partial charge in [0, 0.05) is 44.1 Å². The molecular formula is C33H45N5O6. The maximum atomic E-state index is 11.9. The molecule has 1 fully saturated rings. The summed E-state index contributed by atoms with van der Waals surface area (Å²) in [6.07, 6.45) is 0. The molecule has 0 aliphatic carbocycles. The number of nitrogens with two attached hydrogens (primary N) is 1. The molecular weight excluding hydrogens is 562 g/mol. The first-order chi connectivity index (χ1) is 21.5. The Morgan fingerprint density at radius 2 is 1.39 bits per heavy atom. The quantitative estimate of drug-likeness (QED) is 0.329. The van der Waals surface area contributed by atoms with E-state index in [2.05, 4.69) is 33.0 Å². The maximum absolute atomic E-state index is 11.9. The molecule has 1 aliphatic rings. The number of hydrogen-bond donors (Lipinski definition) is 1. The van der Waals surface area contributed by atoms with E-state index in [0.29, 0.717) is 91.3 Å². The van der Waals surface area contributed by atoms with Crippen molar-refractivity contribution in [3.63, 3.8) is 0 Å². The summed E-state index contributed by atoms with van der Waals surface area (Å²) >= 11 is 0. The number of ether oxygens (including phenoxy) is 5. The van der Waals surface area contributed by atoms with Crippen molar-refractivity contribution in [1.82, 2.24) is 19.8 Å². The molecule has 11 nitrogen and oxygen atoms in total. The second kappa shape index (κ2) is 18.4. The van der Waals surface area contributed by atoms with E-state index in [0.717, 1.165) is 28.3 Å². The van der Waals surface area contributed by atoms with Crippen LogP contribution in [-0.2, 0) is 30.2 Å². The number of carbonyl (C=O) groups is 1. The van der Waals surface area contributed by atoms with Gasteiger partial charge < -0.3 is 29.4 Å². The summed E-state index contributed by atoms with van der Waals surface area (Å²) in [5.74, 6) is -0.450. The van der Waals surface area contributed by atoms with Crippen molar-refractivity contribution in [3.05, 3.63) is 89.0 Å². The van der Waals surface area contributed by atoms with Crippen LogP contribution in [0.2, 0.25) is 0 Å². The Labute approximate surface area is 260 Å². The predicted octanol–water partition coefficient (Wildman–Crippen LogP) is 3.13. The van der Waals surface area contributed by atoms with Crippen LogP contribution in [0.3, 0.4) is 0 Å². The van der Waals surface area contributed by atoms with Crippen molar-refractivity contribution >= 4 is 11.7 Å². The lowest BCUT2D eigenvalue weighted by molar-refractivity contribution is 0.00331. The number of esters is 1. The lowest BCUT2D eigenvalue weighted by atomic mass is 10.0. The van der Waals surface area contributed by atoms with E-state index in [1.165, 1.54) is 7.11 Å². The van der Waals surface area contributed by atoms with E-state index < -0.39 is 5.97 Å². The fourth-order valence-corrected chi connectivity index (χ4v) is 5.01. The number of anilines is 1. The Kier molecular flexibility index (Phi) is 14.0. The SMILES string of the molecule is COC(=O)c1cccc(CN2CCOCCOCCN(C(c3ccc(N)cc3)c3cccc(C)n3)CCOCCOCC2)n1. The first-order valence-electron chi connectivity index (χ1n) is 15.1. The highest BCUT2D eigenvalue weighted by molar-refractivity contribution is 5.87. The van der Waals surface area contributed by atoms with Crippen molar-refractivity contribution in [3.8, 4) is 0 Å². The standard InChI is InChI=1S/C33H45N5O6/c1-26-5-3-7-30(35-26)32(27-9-11-28(34)12-10-27)38-15-19-43-23-21-41-17-13-37(14-18-42-22-24-44-20-16-38)25-29-6-4-8-31(36-29)33(39)40-2/h3-12,32H,13-25,34H2,1-2H3. The van der Waals surface area contributed by atoms with Gasteiger partial charge in [0.1, 0.15) is 5.69 Å². The zero-order valence-corrected chi connectivity index (χ0v) is 25.9. The number of nitrogen functional groups attached to an aromatic ring is 1. The van der Waals surface area contributed by atoms with Crippen LogP contribution in [0.25, 0.3) is 0 Å². The molecule has 1 aliphatic heterocycles. The Bertz CT molecular complexity index is 1260. The second-order valence-corrected chi connectivity index (χ2v) is 10.5. The summed E-state index contributed by atoms with van der Waals surface area (Å²) < 4.78 is 28.6. The van der Waals surface area contributed by atoms with Gasteiger partial charge in [-0.05, 0) is 48.9 Å². The van der Waals surface area contributed by atoms with E-state index >= 15 is 0 Å². The molecule has 2 aromatic heterocycles. The molecule has 3 heterocycles. The Balaban J connectivity index is 1.36. The summed E-state index contributed by atoms with van der Waals surface area (Å²) in [6.45, 7) is 9.43. The minimum Gasteiger partial charge on any atom is -0.464 e. The molecule has 11 heteroatoms. The normalized spacial score (nSPS) is 18.1. The lowest BCUT2D eigenvalue weighted by Gasteiger charge is -2.32. The Morgan fingerprint density at radius 3 is 1.98 bits per heavy atom. The number of pyridine rings is 2. The van der Waals surface area contributed by atoms with Crippen LogP contribution < -0.4 is 5.73 Å². The minimum atomic E-state index is -0.450. The number of benzene rings is 1. The first-order valence-corrected chi connectivity index (χ1v) is 15.1. The van der Waals surface area contributed by atoms with Crippen LogP contribution in [0.5, 0.6) is 0 Å². The smallest absolute Gasteiger partial charge is 0.356 e. The van der Waals surface area contributed by atoms with Crippen molar-refractivity contribution in [1.29, 1.82) is 0 Å². The molecule has 0 radical (unpaired) electrons. The molecule has 0 amide bonds. The fraction of sp³-hybridized carbons (Fsp3) is 0.485. The topological polar surface area (TPSA) is 122 Å². The van der Waals surface area contributed by atoms with Gasteiger partial charge in [-0.15, -0.1) is 0 Å². The van der Waals surface area contributed by atoms with Crippen LogP contribution in [-0.4, -0.2) is 112 Å². The van der Waals surface area contributed by atoms with Crippen molar-refractivity contribution in [2.45, 2.75) is 19.5 Å². The van der Waals surface area contributed by atoms with Gasteiger partial charge in [-0.25, -0.2) is 9.78 Å². The van der Waals surface area contributed by atoms with Gasteiger partial charge in [-0.3, -0.25) is 14.8 Å². The largest absolute Gasteiger partial charge is 0.464 e. The lowest BCUT2D eigenvalue weighted by Crippen LogP contribution is -2.36. The Hall–Kier alpha value is -3.45. The van der Waals surface area contributed by atoms with Gasteiger partial charge >= 0.3 is 5.97 Å². The highest BCUT2D eigenvalue weighted by atomic mass is 16.5. The summed E-state index contributed by atoms with van der Waals surface area (Å²) in [7, 11) is 1.35. The molecule has 0 spiro atoms. The first kappa shape index (κ1) is 33.4. The van der Waals surface area contributed by atoms with Gasteiger partial charge in [0.25, 0.3) is 0 Å². The highest BCUT2D eigenvalue weighted by Gasteiger charge is 2.24. The zero-order chi connectivity index (χ0) is 31.0. The zero-order valence-electron chi connectivity index (χ0n) is 25.9. The van der Waals surface area contributed by atoms with Gasteiger partial charge in [-0.1, -0.05) is 24.3 Å². The van der Waals surface area contributed by atoms with Gasteiger partial charge in [-0.2, -0.15) is 0 Å². The van der Waals surface area contributed by atoms with E-state index in [4.69, 9.17) is 34.4 Å². The van der Waals surface area contributed by atoms with Crippen LogP contribution in [0.4, 0.5) is 5.69 Å². The average Bonchev–Trinajstić information content (AvgIpc) is 3.03. The monoisotopic (exact) mass is 607 g/mol. The number of hydrogen-bond acceptors (Lipinski definition) is 11. The molecule has 1 unspecified atom stereocenters. The summed E-state index contributed by atoms with van der Waals surface area (Å²) in [4.78, 5) is 25.8. The predicted molar refractivity (Wildman–Crippen MR) is 167 cm³/mol. The number of methoxy groups -OCH3 is 1. The number of nitrogens with zero attached hydrogens (tertiary/aromatic N) is 4. The molecule has 1 saturated heterocycles. The summed E-state index contributed by atoms with van der Waals surface area (Å²) in [5.41, 5.74) is 10.9. The molecule has 0 saturated carbocycles. The number of carbonyl (C=O) groups excluding carboxylic acids is 1. The molecule has 238 valence electrons. The third-order valence-electron chi connectivity index (χ3n) is 7.29. The summed E-state index contributed by atoms with van der Waals surface area (Å²) in [5, 5.41) is 0. The molecule has 0 bridgehead atoms. The number of rotatable bonds is 6. The minimum absolute atomic E-state index is 0.0745. The maximum Gasteiger partial charge on any atom is 0.356 e. The molecule has 2 N–H and O–H groups in total. The van der Waals surface area contributed by atoms with Gasteiger partial charge in [0.15, 0.2) is 0 Å². The highest BCUT2D eigenvalue weighted by Crippen LogP contribution is 2.28. The van der Waals surface area contributed by atoms with Crippen LogP contribution >= 0.6 is 0 Å². The van der Waals surface area contributed by atoms with E-state index in [1.807, 2.05) is 43.3 Å². The van der Waals surface area contributed by atoms with Crippen molar-refractivity contribution < 1.29 is 28.5 Å². The van der Waals surface area contributed by atoms with Crippen molar-refractivity contribution in [2.24, 2.45) is 0 Å². The van der Waals surface area contributed by atoms with Gasteiger partial charge in [0.05, 0.1) is 77.4 Å². The summed E-state index contributed by atoms with van der Waals surface area (Å²) in [6, 6.07) is 19.4. The van der Waals surface area contributed by atoms with E-state index in [9.17, 15) is 4.79 Å². The Morgan fingerprint density at radius 1 is 0.795 bits per heavy atom. The number of aromatic nitrogens is 2. The number of aryl methyl sites for hydroxylation is 1. The second-order valence-electron chi connectivity index (χ2n) is 10.5. The molecule has 3 aromatic rings. The fourth-order valence-electron chi connectivity index (χ4n) is 5.01. The third kappa shape index (κ3) is 10.9. The molecule has 4 rings (SSSR count). The molecule has 1 atom stereocenters. The van der Waals surface area contributed by atoms with Crippen LogP contribution in [0.1, 0.15) is 39.2 Å². The van der Waals surface area contributed by atoms with Gasteiger partial charge in [0.2, 0.25) is 0 Å². The average molecular weight is 608 g/mol. The van der Waals surface area contributed by atoms with Crippen LogP contribution in [0, 0.1) is 6.92 Å². The molecule has 1 aromatic carbocycles. The van der Waals surface area contributed by atoms with E-state index in [1.54, 1.807) is 6.07 Å². The van der Waals surface area contributed by atoms with E-state index in [-0.39, 0.29) is 6.04 Å². The van der Waals surface area contributed by atoms with Crippen molar-refractivity contribution in [2.75, 3.05) is 91.9 Å².